The Morgan fingerprint density at radius 2 is 1.71 bits per heavy atom. The van der Waals surface area contributed by atoms with Crippen molar-refractivity contribution >= 4 is 12.0 Å². The highest BCUT2D eigenvalue weighted by Gasteiger charge is 2.32. The quantitative estimate of drug-likeness (QED) is 0.717. The van der Waals surface area contributed by atoms with Crippen LogP contribution in [0.3, 0.4) is 0 Å². The summed E-state index contributed by atoms with van der Waals surface area (Å²) in [5, 5.41) is 0. The Balaban J connectivity index is 2.13. The molecule has 2 rings (SSSR count). The van der Waals surface area contributed by atoms with Crippen LogP contribution in [0, 0.1) is 5.92 Å². The monoisotopic (exact) mass is 389 g/mol. The molecule has 0 radical (unpaired) electrons. The lowest BCUT2D eigenvalue weighted by atomic mass is 10.0. The van der Waals surface area contributed by atoms with Gasteiger partial charge < -0.3 is 14.5 Å². The molecule has 0 spiro atoms. The van der Waals surface area contributed by atoms with E-state index in [4.69, 9.17) is 4.74 Å². The zero-order chi connectivity index (χ0) is 20.5. The maximum absolute atomic E-state index is 13.3. The summed E-state index contributed by atoms with van der Waals surface area (Å²) in [6, 6.07) is 9.65. The Bertz CT molecular complexity index is 617. The molecular formula is C22H35N3O3. The summed E-state index contributed by atoms with van der Waals surface area (Å²) in [5.41, 5.74) is 1.01. The first-order valence-corrected chi connectivity index (χ1v) is 10.5. The Labute approximate surface area is 169 Å². The first-order valence-electron chi connectivity index (χ1n) is 10.5. The van der Waals surface area contributed by atoms with Crippen molar-refractivity contribution in [2.45, 2.75) is 40.2 Å². The second-order valence-corrected chi connectivity index (χ2v) is 7.67. The molecule has 1 aliphatic heterocycles. The molecule has 6 heteroatoms. The van der Waals surface area contributed by atoms with E-state index in [0.29, 0.717) is 45.2 Å². The molecule has 0 N–H and O–H groups in total. The summed E-state index contributed by atoms with van der Waals surface area (Å²) in [6.07, 6.45) is 0.577. The normalized spacial score (nSPS) is 16.5. The van der Waals surface area contributed by atoms with Crippen molar-refractivity contribution in [2.75, 3.05) is 45.9 Å². The van der Waals surface area contributed by atoms with Crippen LogP contribution in [-0.2, 0) is 9.53 Å². The van der Waals surface area contributed by atoms with Crippen LogP contribution < -0.4 is 0 Å². The number of likely N-dealkylation sites (N-methyl/N-ethyl adjacent to an activating group) is 1. The van der Waals surface area contributed by atoms with Crippen molar-refractivity contribution in [2.24, 2.45) is 5.92 Å². The minimum absolute atomic E-state index is 0.132. The van der Waals surface area contributed by atoms with Gasteiger partial charge in [0.1, 0.15) is 6.04 Å². The van der Waals surface area contributed by atoms with Crippen molar-refractivity contribution in [3.63, 3.8) is 0 Å². The van der Waals surface area contributed by atoms with E-state index in [2.05, 4.69) is 4.90 Å². The van der Waals surface area contributed by atoms with Crippen molar-refractivity contribution in [3.05, 3.63) is 35.9 Å². The van der Waals surface area contributed by atoms with Gasteiger partial charge in [0, 0.05) is 39.3 Å². The van der Waals surface area contributed by atoms with Crippen LogP contribution in [-0.4, -0.2) is 72.6 Å². The van der Waals surface area contributed by atoms with Gasteiger partial charge in [0.15, 0.2) is 0 Å². The lowest BCUT2D eigenvalue weighted by Gasteiger charge is -2.33. The van der Waals surface area contributed by atoms with Gasteiger partial charge in [-0.3, -0.25) is 9.69 Å². The highest BCUT2D eigenvalue weighted by molar-refractivity contribution is 5.83. The van der Waals surface area contributed by atoms with Crippen LogP contribution in [0.2, 0.25) is 0 Å². The van der Waals surface area contributed by atoms with Crippen LogP contribution >= 0.6 is 0 Å². The second-order valence-electron chi connectivity index (χ2n) is 7.67. The van der Waals surface area contributed by atoms with Crippen molar-refractivity contribution in [3.8, 4) is 0 Å². The smallest absolute Gasteiger partial charge is 0.409 e. The van der Waals surface area contributed by atoms with E-state index < -0.39 is 0 Å². The Morgan fingerprint density at radius 1 is 1.04 bits per heavy atom. The predicted octanol–water partition coefficient (Wildman–Crippen LogP) is 3.40. The molecule has 0 saturated carbocycles. The third-order valence-electron chi connectivity index (χ3n) is 5.12. The Morgan fingerprint density at radius 3 is 2.32 bits per heavy atom. The zero-order valence-electron chi connectivity index (χ0n) is 17.8. The van der Waals surface area contributed by atoms with Gasteiger partial charge in [-0.05, 0) is 31.7 Å². The number of carbonyl (C=O) groups excluding carboxylic acids is 2. The molecule has 1 atom stereocenters. The van der Waals surface area contributed by atoms with E-state index in [0.717, 1.165) is 18.5 Å². The molecule has 1 fully saturated rings. The van der Waals surface area contributed by atoms with Crippen LogP contribution in [0.5, 0.6) is 0 Å². The third kappa shape index (κ3) is 5.96. The fourth-order valence-electron chi connectivity index (χ4n) is 3.56. The molecule has 1 aliphatic rings. The average molecular weight is 390 g/mol. The van der Waals surface area contributed by atoms with Gasteiger partial charge in [-0.1, -0.05) is 44.2 Å². The standard InChI is InChI=1S/C22H35N3O3/c1-5-23(6-2)21(26)20(19-11-8-7-9-12-19)24-13-10-14-25(16-15-24)22(27)28-17-18(3)4/h7-9,11-12,18,20H,5-6,10,13-17H2,1-4H3. The Kier molecular flexibility index (Phi) is 8.77. The van der Waals surface area contributed by atoms with E-state index >= 15 is 0 Å². The fourth-order valence-corrected chi connectivity index (χ4v) is 3.56. The number of amides is 2. The third-order valence-corrected chi connectivity index (χ3v) is 5.12. The van der Waals surface area contributed by atoms with Gasteiger partial charge in [0.05, 0.1) is 6.61 Å². The average Bonchev–Trinajstić information content (AvgIpc) is 2.94. The summed E-state index contributed by atoms with van der Waals surface area (Å²) < 4.78 is 5.39. The molecule has 6 nitrogen and oxygen atoms in total. The van der Waals surface area contributed by atoms with E-state index in [-0.39, 0.29) is 18.0 Å². The number of ether oxygens (including phenoxy) is 1. The van der Waals surface area contributed by atoms with Gasteiger partial charge in [-0.2, -0.15) is 0 Å². The van der Waals surface area contributed by atoms with Crippen LogP contribution in [0.4, 0.5) is 4.79 Å². The summed E-state index contributed by atoms with van der Waals surface area (Å²) >= 11 is 0. The molecule has 156 valence electrons. The summed E-state index contributed by atoms with van der Waals surface area (Å²) in [6.45, 7) is 12.6. The molecule has 1 heterocycles. The van der Waals surface area contributed by atoms with E-state index in [9.17, 15) is 9.59 Å². The van der Waals surface area contributed by atoms with Gasteiger partial charge in [-0.25, -0.2) is 4.79 Å². The molecular weight excluding hydrogens is 354 g/mol. The molecule has 2 amide bonds. The van der Waals surface area contributed by atoms with Crippen molar-refractivity contribution in [1.29, 1.82) is 0 Å². The molecule has 0 aliphatic carbocycles. The fraction of sp³-hybridized carbons (Fsp3) is 0.636. The van der Waals surface area contributed by atoms with Crippen molar-refractivity contribution in [1.82, 2.24) is 14.7 Å². The van der Waals surface area contributed by atoms with Crippen LogP contribution in [0.25, 0.3) is 0 Å². The van der Waals surface area contributed by atoms with Gasteiger partial charge in [0.25, 0.3) is 0 Å². The molecule has 1 saturated heterocycles. The summed E-state index contributed by atoms with van der Waals surface area (Å²) in [5.74, 6) is 0.452. The van der Waals surface area contributed by atoms with Gasteiger partial charge >= 0.3 is 6.09 Å². The first-order chi connectivity index (χ1) is 13.5. The zero-order valence-corrected chi connectivity index (χ0v) is 17.8. The van der Waals surface area contributed by atoms with E-state index in [1.54, 1.807) is 4.90 Å². The van der Waals surface area contributed by atoms with E-state index in [1.165, 1.54) is 0 Å². The number of rotatable bonds is 7. The predicted molar refractivity (Wildman–Crippen MR) is 111 cm³/mol. The minimum atomic E-state index is -0.312. The second kappa shape index (κ2) is 11.1. The lowest BCUT2D eigenvalue weighted by molar-refractivity contribution is -0.137. The largest absolute Gasteiger partial charge is 0.449 e. The molecule has 28 heavy (non-hydrogen) atoms. The number of carbonyl (C=O) groups is 2. The SMILES string of the molecule is CCN(CC)C(=O)C(c1ccccc1)N1CCCN(C(=O)OCC(C)C)CC1. The first kappa shape index (κ1) is 22.2. The maximum Gasteiger partial charge on any atom is 0.409 e. The van der Waals surface area contributed by atoms with Gasteiger partial charge in [0.2, 0.25) is 5.91 Å². The molecule has 1 aromatic rings. The molecule has 1 unspecified atom stereocenters. The summed E-state index contributed by atoms with van der Waals surface area (Å²) in [7, 11) is 0. The molecule has 0 aromatic heterocycles. The molecule has 1 aromatic carbocycles. The van der Waals surface area contributed by atoms with Gasteiger partial charge in [-0.15, -0.1) is 0 Å². The summed E-state index contributed by atoms with van der Waals surface area (Å²) in [4.78, 5) is 31.5. The maximum atomic E-state index is 13.3. The lowest BCUT2D eigenvalue weighted by Crippen LogP contribution is -2.44. The van der Waals surface area contributed by atoms with Crippen molar-refractivity contribution < 1.29 is 14.3 Å². The number of hydrogen-bond donors (Lipinski definition) is 0. The highest BCUT2D eigenvalue weighted by atomic mass is 16.6. The van der Waals surface area contributed by atoms with Crippen LogP contribution in [0.1, 0.15) is 45.7 Å². The topological polar surface area (TPSA) is 53.1 Å². The van der Waals surface area contributed by atoms with Crippen LogP contribution in [0.15, 0.2) is 30.3 Å². The van der Waals surface area contributed by atoms with E-state index in [1.807, 2.05) is 62.9 Å². The minimum Gasteiger partial charge on any atom is -0.449 e. The molecule has 0 bridgehead atoms. The number of benzene rings is 1. The Hall–Kier alpha value is -2.08. The highest BCUT2D eigenvalue weighted by Crippen LogP contribution is 2.25. The number of nitrogens with zero attached hydrogens (tertiary/aromatic N) is 3. The number of hydrogen-bond acceptors (Lipinski definition) is 4.